The molecule has 2 aromatic rings. The molecule has 2 N–H and O–H groups in total. The second kappa shape index (κ2) is 8.79. The Balaban J connectivity index is 1.93. The molecule has 0 heterocycles. The second-order valence-corrected chi connectivity index (χ2v) is 5.55. The smallest absolute Gasteiger partial charge is 0.303 e. The number of amides is 1. The van der Waals surface area contributed by atoms with Crippen molar-refractivity contribution in [3.63, 3.8) is 0 Å². The Labute approximate surface area is 151 Å². The van der Waals surface area contributed by atoms with E-state index in [1.165, 1.54) is 13.8 Å². The van der Waals surface area contributed by atoms with Crippen molar-refractivity contribution in [2.45, 2.75) is 20.0 Å². The molecule has 0 aliphatic heterocycles. The Bertz CT molecular complexity index is 765. The van der Waals surface area contributed by atoms with Crippen molar-refractivity contribution in [1.82, 2.24) is 5.32 Å². The summed E-state index contributed by atoms with van der Waals surface area (Å²) in [4.78, 5) is 22.7. The number of para-hydroxylation sites is 1. The quantitative estimate of drug-likeness (QED) is 0.631. The Hall–Kier alpha value is -2.93. The Morgan fingerprint density at radius 2 is 1.72 bits per heavy atom. The summed E-state index contributed by atoms with van der Waals surface area (Å²) in [5, 5.41) is 5.45. The van der Waals surface area contributed by atoms with Crippen molar-refractivity contribution in [3.8, 4) is 11.5 Å². The number of benzene rings is 2. The fourth-order valence-electron chi connectivity index (χ4n) is 1.94. The molecule has 0 fully saturated rings. The van der Waals surface area contributed by atoms with Crippen LogP contribution in [0, 0.1) is 0 Å². The largest absolute Gasteiger partial charge is 0.457 e. The van der Waals surface area contributed by atoms with Crippen LogP contribution in [-0.4, -0.2) is 23.1 Å². The van der Waals surface area contributed by atoms with Gasteiger partial charge in [-0.3, -0.25) is 14.9 Å². The van der Waals surface area contributed by atoms with Crippen LogP contribution in [0.15, 0.2) is 54.6 Å². The summed E-state index contributed by atoms with van der Waals surface area (Å²) in [5.74, 6) is 0.293. The van der Waals surface area contributed by atoms with Gasteiger partial charge in [-0.15, -0.1) is 0 Å². The van der Waals surface area contributed by atoms with Crippen molar-refractivity contribution in [2.24, 2.45) is 0 Å². The van der Waals surface area contributed by atoms with Gasteiger partial charge >= 0.3 is 5.97 Å². The molecule has 2 aromatic carbocycles. The lowest BCUT2D eigenvalue weighted by molar-refractivity contribution is -0.152. The summed E-state index contributed by atoms with van der Waals surface area (Å²) in [7, 11) is 0. The lowest BCUT2D eigenvalue weighted by atomic mass is 10.3. The van der Waals surface area contributed by atoms with Gasteiger partial charge in [-0.05, 0) is 43.4 Å². The van der Waals surface area contributed by atoms with E-state index in [4.69, 9.17) is 21.7 Å². The maximum Gasteiger partial charge on any atom is 0.303 e. The van der Waals surface area contributed by atoms with E-state index in [-0.39, 0.29) is 5.11 Å². The number of hydrogen-bond donors (Lipinski definition) is 2. The zero-order valence-corrected chi connectivity index (χ0v) is 14.6. The zero-order chi connectivity index (χ0) is 18.2. The van der Waals surface area contributed by atoms with E-state index in [9.17, 15) is 9.59 Å². The summed E-state index contributed by atoms with van der Waals surface area (Å²) in [6.45, 7) is 2.70. The van der Waals surface area contributed by atoms with Gasteiger partial charge in [-0.1, -0.05) is 24.3 Å². The number of hydrogen-bond acceptors (Lipinski definition) is 5. The van der Waals surface area contributed by atoms with E-state index < -0.39 is 18.0 Å². The molecular formula is C18H18N2O4S. The molecule has 130 valence electrons. The first kappa shape index (κ1) is 18.4. The van der Waals surface area contributed by atoms with Gasteiger partial charge in [0.05, 0.1) is 0 Å². The molecule has 0 bridgehead atoms. The van der Waals surface area contributed by atoms with Crippen LogP contribution in [-0.2, 0) is 14.3 Å². The lowest BCUT2D eigenvalue weighted by Crippen LogP contribution is -2.41. The number of anilines is 1. The molecule has 0 aliphatic rings. The predicted molar refractivity (Wildman–Crippen MR) is 98.5 cm³/mol. The highest BCUT2D eigenvalue weighted by Crippen LogP contribution is 2.23. The summed E-state index contributed by atoms with van der Waals surface area (Å²) in [5.41, 5.74) is 0.652. The van der Waals surface area contributed by atoms with Crippen LogP contribution < -0.4 is 15.4 Å². The number of rotatable bonds is 5. The molecule has 1 atom stereocenters. The normalized spacial score (nSPS) is 11.1. The van der Waals surface area contributed by atoms with Gasteiger partial charge in [0.25, 0.3) is 5.91 Å². The third-order valence-corrected chi connectivity index (χ3v) is 3.22. The summed E-state index contributed by atoms with van der Waals surface area (Å²) in [6.07, 6.45) is -0.926. The molecule has 0 radical (unpaired) electrons. The molecule has 0 unspecified atom stereocenters. The van der Waals surface area contributed by atoms with Gasteiger partial charge in [0.1, 0.15) is 11.5 Å². The average molecular weight is 358 g/mol. The van der Waals surface area contributed by atoms with E-state index in [1.54, 1.807) is 18.2 Å². The van der Waals surface area contributed by atoms with E-state index in [1.807, 2.05) is 36.4 Å². The monoisotopic (exact) mass is 358 g/mol. The third kappa shape index (κ3) is 6.23. The molecule has 7 heteroatoms. The van der Waals surface area contributed by atoms with E-state index in [0.29, 0.717) is 17.2 Å². The molecule has 6 nitrogen and oxygen atoms in total. The molecule has 0 aliphatic carbocycles. The zero-order valence-electron chi connectivity index (χ0n) is 13.8. The third-order valence-electron chi connectivity index (χ3n) is 3.02. The fraction of sp³-hybridized carbons (Fsp3) is 0.167. The minimum atomic E-state index is -0.926. The Morgan fingerprint density at radius 3 is 2.40 bits per heavy atom. The molecule has 1 amide bonds. The number of carbonyl (C=O) groups is 2. The number of carbonyl (C=O) groups excluding carboxylic acids is 2. The maximum atomic E-state index is 11.8. The fourth-order valence-corrected chi connectivity index (χ4v) is 2.16. The first-order chi connectivity index (χ1) is 11.9. The molecule has 2 rings (SSSR count). The average Bonchev–Trinajstić information content (AvgIpc) is 2.55. The number of esters is 1. The molecule has 0 spiro atoms. The van der Waals surface area contributed by atoms with Gasteiger partial charge in [0.15, 0.2) is 11.2 Å². The lowest BCUT2D eigenvalue weighted by Gasteiger charge is -2.14. The van der Waals surface area contributed by atoms with Gasteiger partial charge in [-0.25, -0.2) is 0 Å². The molecule has 0 aromatic heterocycles. The molecular weight excluding hydrogens is 340 g/mol. The van der Waals surface area contributed by atoms with Crippen LogP contribution in [0.2, 0.25) is 0 Å². The van der Waals surface area contributed by atoms with Gasteiger partial charge < -0.3 is 14.8 Å². The van der Waals surface area contributed by atoms with E-state index in [0.717, 1.165) is 0 Å². The van der Waals surface area contributed by atoms with Crippen LogP contribution >= 0.6 is 12.2 Å². The van der Waals surface area contributed by atoms with Crippen LogP contribution in [0.3, 0.4) is 0 Å². The van der Waals surface area contributed by atoms with Gasteiger partial charge in [0.2, 0.25) is 0 Å². The first-order valence-electron chi connectivity index (χ1n) is 7.56. The van der Waals surface area contributed by atoms with Crippen LogP contribution in [0.5, 0.6) is 11.5 Å². The van der Waals surface area contributed by atoms with Gasteiger partial charge in [-0.2, -0.15) is 0 Å². The van der Waals surface area contributed by atoms with Crippen molar-refractivity contribution < 1.29 is 19.1 Å². The summed E-state index contributed by atoms with van der Waals surface area (Å²) >= 11 is 5.09. The predicted octanol–water partition coefficient (Wildman–Crippen LogP) is 3.24. The topological polar surface area (TPSA) is 76.7 Å². The summed E-state index contributed by atoms with van der Waals surface area (Å²) in [6, 6.07) is 16.5. The van der Waals surface area contributed by atoms with Gasteiger partial charge in [0, 0.05) is 18.7 Å². The number of thiocarbonyl (C=S) groups is 1. The summed E-state index contributed by atoms with van der Waals surface area (Å²) < 4.78 is 10.5. The second-order valence-electron chi connectivity index (χ2n) is 5.14. The van der Waals surface area contributed by atoms with Crippen LogP contribution in [0.25, 0.3) is 0 Å². The maximum absolute atomic E-state index is 11.8. The highest BCUT2D eigenvalue weighted by Gasteiger charge is 2.16. The van der Waals surface area contributed by atoms with Crippen molar-refractivity contribution in [3.05, 3.63) is 54.6 Å². The number of ether oxygens (including phenoxy) is 2. The molecule has 25 heavy (non-hydrogen) atoms. The number of nitrogens with one attached hydrogen (secondary N) is 2. The molecule has 0 saturated heterocycles. The first-order valence-corrected chi connectivity index (χ1v) is 7.97. The Kier molecular flexibility index (Phi) is 6.47. The highest BCUT2D eigenvalue weighted by molar-refractivity contribution is 7.80. The highest BCUT2D eigenvalue weighted by atomic mass is 32.1. The SMILES string of the molecule is CC(=O)O[C@@H](C)C(=O)NC(=S)Nc1cccc(Oc2ccccc2)c1. The van der Waals surface area contributed by atoms with Crippen LogP contribution in [0.1, 0.15) is 13.8 Å². The van der Waals surface area contributed by atoms with Crippen LogP contribution in [0.4, 0.5) is 5.69 Å². The van der Waals surface area contributed by atoms with Crippen molar-refractivity contribution in [1.29, 1.82) is 0 Å². The Morgan fingerprint density at radius 1 is 1.04 bits per heavy atom. The van der Waals surface area contributed by atoms with Crippen molar-refractivity contribution in [2.75, 3.05) is 5.32 Å². The minimum absolute atomic E-state index is 0.0980. The van der Waals surface area contributed by atoms with E-state index in [2.05, 4.69) is 10.6 Å². The standard InChI is InChI=1S/C18H18N2O4S/c1-12(23-13(2)21)17(22)20-18(25)19-14-7-6-10-16(11-14)24-15-8-4-3-5-9-15/h3-12H,1-2H3,(H2,19,20,22,25)/t12-/m0/s1. The van der Waals surface area contributed by atoms with Crippen molar-refractivity contribution >= 4 is 34.9 Å². The van der Waals surface area contributed by atoms with E-state index >= 15 is 0 Å². The molecule has 0 saturated carbocycles. The minimum Gasteiger partial charge on any atom is -0.457 e.